The molecule has 0 atom stereocenters. The second-order valence-electron chi connectivity index (χ2n) is 4.78. The third-order valence-electron chi connectivity index (χ3n) is 3.54. The summed E-state index contributed by atoms with van der Waals surface area (Å²) >= 11 is 0. The second-order valence-corrected chi connectivity index (χ2v) is 4.78. The van der Waals surface area contributed by atoms with Crippen LogP contribution in [0.1, 0.15) is 15.9 Å². The van der Waals surface area contributed by atoms with Gasteiger partial charge in [-0.1, -0.05) is 48.5 Å². The van der Waals surface area contributed by atoms with Gasteiger partial charge in [0.25, 0.3) is 0 Å². The zero-order valence-electron chi connectivity index (χ0n) is 11.7. The van der Waals surface area contributed by atoms with Crippen molar-refractivity contribution in [3.8, 4) is 5.75 Å². The number of hydrogen-bond acceptors (Lipinski definition) is 3. The van der Waals surface area contributed by atoms with Gasteiger partial charge in [-0.05, 0) is 22.9 Å². The minimum atomic E-state index is -0.123. The number of carbonyl (C=O) groups is 1. The molecule has 104 valence electrons. The molecular formula is C18H15NO2. The molecule has 3 heteroatoms. The number of anilines is 1. The Balaban J connectivity index is 2.23. The largest absolute Gasteiger partial charge is 0.496 e. The lowest BCUT2D eigenvalue weighted by Crippen LogP contribution is -2.08. The van der Waals surface area contributed by atoms with Crippen LogP contribution in [-0.4, -0.2) is 12.9 Å². The number of rotatable bonds is 3. The topological polar surface area (TPSA) is 52.3 Å². The summed E-state index contributed by atoms with van der Waals surface area (Å²) in [4.78, 5) is 12.9. The lowest BCUT2D eigenvalue weighted by Gasteiger charge is -2.11. The van der Waals surface area contributed by atoms with Gasteiger partial charge in [-0.2, -0.15) is 0 Å². The van der Waals surface area contributed by atoms with Gasteiger partial charge in [0.05, 0.1) is 12.7 Å². The van der Waals surface area contributed by atoms with Crippen LogP contribution < -0.4 is 10.5 Å². The maximum atomic E-state index is 12.9. The Morgan fingerprint density at radius 1 is 0.952 bits per heavy atom. The third-order valence-corrected chi connectivity index (χ3v) is 3.54. The molecule has 0 aliphatic carbocycles. The second kappa shape index (κ2) is 5.29. The number of ketones is 1. The Kier molecular flexibility index (Phi) is 3.32. The van der Waals surface area contributed by atoms with E-state index >= 15 is 0 Å². The van der Waals surface area contributed by atoms with Crippen molar-refractivity contribution >= 4 is 22.2 Å². The van der Waals surface area contributed by atoms with Gasteiger partial charge in [0.2, 0.25) is 0 Å². The molecule has 0 amide bonds. The Labute approximate surface area is 123 Å². The molecule has 21 heavy (non-hydrogen) atoms. The van der Waals surface area contributed by atoms with Crippen LogP contribution in [-0.2, 0) is 0 Å². The van der Waals surface area contributed by atoms with Crippen molar-refractivity contribution in [2.75, 3.05) is 12.8 Å². The number of fused-ring (bicyclic) bond motifs is 1. The summed E-state index contributed by atoms with van der Waals surface area (Å²) in [5.74, 6) is 0.370. The summed E-state index contributed by atoms with van der Waals surface area (Å²) < 4.78 is 5.28. The van der Waals surface area contributed by atoms with Crippen LogP contribution >= 0.6 is 0 Å². The van der Waals surface area contributed by atoms with Crippen LogP contribution in [0.25, 0.3) is 10.8 Å². The van der Waals surface area contributed by atoms with Gasteiger partial charge in [0.1, 0.15) is 5.75 Å². The summed E-state index contributed by atoms with van der Waals surface area (Å²) in [6.07, 6.45) is 0. The molecule has 0 radical (unpaired) electrons. The van der Waals surface area contributed by atoms with Gasteiger partial charge < -0.3 is 10.5 Å². The first-order valence-corrected chi connectivity index (χ1v) is 6.67. The number of nitrogens with two attached hydrogens (primary N) is 1. The van der Waals surface area contributed by atoms with Gasteiger partial charge >= 0.3 is 0 Å². The van der Waals surface area contributed by atoms with E-state index < -0.39 is 0 Å². The van der Waals surface area contributed by atoms with Crippen molar-refractivity contribution < 1.29 is 9.53 Å². The van der Waals surface area contributed by atoms with Crippen LogP contribution in [0.3, 0.4) is 0 Å². The summed E-state index contributed by atoms with van der Waals surface area (Å²) in [6, 6.07) is 18.7. The van der Waals surface area contributed by atoms with E-state index in [9.17, 15) is 4.79 Å². The van der Waals surface area contributed by atoms with Crippen molar-refractivity contribution in [2.45, 2.75) is 0 Å². The molecule has 3 rings (SSSR count). The summed E-state index contributed by atoms with van der Waals surface area (Å²) in [6.45, 7) is 0. The van der Waals surface area contributed by atoms with Crippen LogP contribution in [0.5, 0.6) is 5.75 Å². The van der Waals surface area contributed by atoms with Crippen molar-refractivity contribution in [2.24, 2.45) is 0 Å². The lowest BCUT2D eigenvalue weighted by molar-refractivity contribution is 0.103. The first kappa shape index (κ1) is 13.2. The number of ether oxygens (including phenoxy) is 1. The third kappa shape index (κ3) is 2.23. The standard InChI is InChI=1S/C18H15NO2/c1-21-16-11-5-10-15(19)17(16)18(20)14-9-4-7-12-6-2-3-8-13(12)14/h2-11H,19H2,1H3. The van der Waals surface area contributed by atoms with E-state index in [1.807, 2.05) is 42.5 Å². The average Bonchev–Trinajstić information content (AvgIpc) is 2.53. The number of benzene rings is 3. The highest BCUT2D eigenvalue weighted by atomic mass is 16.5. The van der Waals surface area contributed by atoms with Gasteiger partial charge in [-0.25, -0.2) is 0 Å². The Morgan fingerprint density at radius 3 is 2.48 bits per heavy atom. The minimum Gasteiger partial charge on any atom is -0.496 e. The number of nitrogen functional groups attached to an aromatic ring is 1. The van der Waals surface area contributed by atoms with E-state index in [1.165, 1.54) is 7.11 Å². The summed E-state index contributed by atoms with van der Waals surface area (Å²) in [5.41, 5.74) is 7.44. The van der Waals surface area contributed by atoms with Gasteiger partial charge in [-0.3, -0.25) is 4.79 Å². The SMILES string of the molecule is COc1cccc(N)c1C(=O)c1cccc2ccccc12. The quantitative estimate of drug-likeness (QED) is 0.587. The average molecular weight is 277 g/mol. The predicted molar refractivity (Wildman–Crippen MR) is 84.8 cm³/mol. The van der Waals surface area contributed by atoms with E-state index in [0.717, 1.165) is 10.8 Å². The highest BCUT2D eigenvalue weighted by Gasteiger charge is 2.19. The smallest absolute Gasteiger partial charge is 0.199 e. The van der Waals surface area contributed by atoms with Crippen LogP contribution in [0, 0.1) is 0 Å². The van der Waals surface area contributed by atoms with E-state index in [-0.39, 0.29) is 5.78 Å². The molecule has 0 aliphatic heterocycles. The van der Waals surface area contributed by atoms with Crippen molar-refractivity contribution in [3.63, 3.8) is 0 Å². The first-order chi connectivity index (χ1) is 10.2. The molecule has 0 fully saturated rings. The Morgan fingerprint density at radius 2 is 1.67 bits per heavy atom. The van der Waals surface area contributed by atoms with E-state index in [0.29, 0.717) is 22.6 Å². The van der Waals surface area contributed by atoms with Gasteiger partial charge in [0, 0.05) is 11.3 Å². The molecule has 0 aromatic heterocycles. The molecule has 3 aromatic carbocycles. The van der Waals surface area contributed by atoms with E-state index in [4.69, 9.17) is 10.5 Å². The Hall–Kier alpha value is -2.81. The molecule has 3 nitrogen and oxygen atoms in total. The number of carbonyl (C=O) groups excluding carboxylic acids is 1. The number of hydrogen-bond donors (Lipinski definition) is 1. The predicted octanol–water partition coefficient (Wildman–Crippen LogP) is 3.66. The van der Waals surface area contributed by atoms with Crippen molar-refractivity contribution in [1.82, 2.24) is 0 Å². The molecule has 3 aromatic rings. The van der Waals surface area contributed by atoms with Crippen LogP contribution in [0.4, 0.5) is 5.69 Å². The molecule has 0 bridgehead atoms. The first-order valence-electron chi connectivity index (χ1n) is 6.67. The maximum Gasteiger partial charge on any atom is 0.199 e. The van der Waals surface area contributed by atoms with Crippen LogP contribution in [0.2, 0.25) is 0 Å². The van der Waals surface area contributed by atoms with E-state index in [1.54, 1.807) is 18.2 Å². The summed E-state index contributed by atoms with van der Waals surface area (Å²) in [7, 11) is 1.54. The summed E-state index contributed by atoms with van der Waals surface area (Å²) in [5, 5.41) is 1.94. The molecule has 0 aliphatic rings. The molecule has 0 spiro atoms. The molecule has 0 unspecified atom stereocenters. The van der Waals surface area contributed by atoms with Crippen LogP contribution in [0.15, 0.2) is 60.7 Å². The minimum absolute atomic E-state index is 0.123. The van der Waals surface area contributed by atoms with E-state index in [2.05, 4.69) is 0 Å². The fourth-order valence-corrected chi connectivity index (χ4v) is 2.52. The van der Waals surface area contributed by atoms with Crippen molar-refractivity contribution in [1.29, 1.82) is 0 Å². The fraction of sp³-hybridized carbons (Fsp3) is 0.0556. The van der Waals surface area contributed by atoms with Crippen molar-refractivity contribution in [3.05, 3.63) is 71.8 Å². The van der Waals surface area contributed by atoms with Gasteiger partial charge in [-0.15, -0.1) is 0 Å². The highest BCUT2D eigenvalue weighted by Crippen LogP contribution is 2.29. The maximum absolute atomic E-state index is 12.9. The molecular weight excluding hydrogens is 262 g/mol. The zero-order valence-corrected chi connectivity index (χ0v) is 11.7. The monoisotopic (exact) mass is 277 g/mol. The highest BCUT2D eigenvalue weighted by molar-refractivity contribution is 6.19. The lowest BCUT2D eigenvalue weighted by atomic mass is 9.96. The molecule has 0 saturated heterocycles. The Bertz CT molecular complexity index is 819. The molecule has 2 N–H and O–H groups in total. The van der Waals surface area contributed by atoms with Gasteiger partial charge in [0.15, 0.2) is 5.78 Å². The molecule has 0 heterocycles. The molecule has 0 saturated carbocycles. The zero-order chi connectivity index (χ0) is 14.8. The fourth-order valence-electron chi connectivity index (χ4n) is 2.52. The normalized spacial score (nSPS) is 10.5. The number of methoxy groups -OCH3 is 1.